The quantitative estimate of drug-likeness (QED) is 0.566. The molecule has 5 N–H and O–H groups in total. The van der Waals surface area contributed by atoms with E-state index in [1.54, 1.807) is 6.92 Å². The summed E-state index contributed by atoms with van der Waals surface area (Å²) in [5, 5.41) is 20.0. The van der Waals surface area contributed by atoms with Crippen LogP contribution in [-0.2, 0) is 4.79 Å². The molecule has 7 nitrogen and oxygen atoms in total. The summed E-state index contributed by atoms with van der Waals surface area (Å²) in [4.78, 5) is 33.2. The Hall–Kier alpha value is -2.41. The summed E-state index contributed by atoms with van der Waals surface area (Å²) in [5.74, 6) is -2.32. The minimum absolute atomic E-state index is 0.0307. The third kappa shape index (κ3) is 4.06. The minimum Gasteiger partial charge on any atom is -0.479 e. The summed E-state index contributed by atoms with van der Waals surface area (Å²) in [6.07, 6.45) is -1.59. The van der Waals surface area contributed by atoms with E-state index in [2.05, 4.69) is 5.32 Å². The van der Waals surface area contributed by atoms with E-state index in [4.69, 9.17) is 15.9 Å². The average Bonchev–Trinajstić information content (AvgIpc) is 2.37. The van der Waals surface area contributed by atoms with Crippen molar-refractivity contribution in [1.29, 1.82) is 0 Å². The molecule has 0 fully saturated rings. The standard InChI is InChI=1S/C13H16N2O5/c1-7-6-8(2-3-9(7)11(14)17)12(18)15-5-4-10(16)13(19)20/h2-3,6,10,16H,4-5H2,1H3,(H2,14,17)(H,15,18)(H,19,20). The Morgan fingerprint density at radius 1 is 1.35 bits per heavy atom. The summed E-state index contributed by atoms with van der Waals surface area (Å²) in [7, 11) is 0. The number of carboxylic acids is 1. The maximum atomic E-state index is 11.8. The fraction of sp³-hybridized carbons (Fsp3) is 0.308. The largest absolute Gasteiger partial charge is 0.479 e. The zero-order chi connectivity index (χ0) is 15.3. The number of aryl methyl sites for hydroxylation is 1. The van der Waals surface area contributed by atoms with Crippen molar-refractivity contribution >= 4 is 17.8 Å². The minimum atomic E-state index is -1.51. The van der Waals surface area contributed by atoms with Gasteiger partial charge in [0.2, 0.25) is 5.91 Å². The van der Waals surface area contributed by atoms with Gasteiger partial charge in [-0.25, -0.2) is 4.79 Å². The smallest absolute Gasteiger partial charge is 0.332 e. The molecule has 108 valence electrons. The second kappa shape index (κ2) is 6.67. The van der Waals surface area contributed by atoms with E-state index >= 15 is 0 Å². The Morgan fingerprint density at radius 2 is 2.00 bits per heavy atom. The third-order valence-corrected chi connectivity index (χ3v) is 2.74. The van der Waals surface area contributed by atoms with Crippen LogP contribution in [0.15, 0.2) is 18.2 Å². The Labute approximate surface area is 115 Å². The number of carboxylic acid groups (broad SMARTS) is 1. The van der Waals surface area contributed by atoms with E-state index < -0.39 is 23.9 Å². The number of nitrogens with two attached hydrogens (primary N) is 1. The van der Waals surface area contributed by atoms with E-state index in [0.29, 0.717) is 16.7 Å². The van der Waals surface area contributed by atoms with Crippen LogP contribution in [0, 0.1) is 6.92 Å². The van der Waals surface area contributed by atoms with Gasteiger partial charge in [0.05, 0.1) is 0 Å². The number of aliphatic carboxylic acids is 1. The van der Waals surface area contributed by atoms with Crippen molar-refractivity contribution in [3.8, 4) is 0 Å². The van der Waals surface area contributed by atoms with Crippen molar-refractivity contribution in [3.05, 3.63) is 34.9 Å². The van der Waals surface area contributed by atoms with Gasteiger partial charge in [-0.05, 0) is 30.7 Å². The summed E-state index contributed by atoms with van der Waals surface area (Å²) >= 11 is 0. The van der Waals surface area contributed by atoms with Gasteiger partial charge in [0.15, 0.2) is 6.10 Å². The number of carbonyl (C=O) groups excluding carboxylic acids is 2. The van der Waals surface area contributed by atoms with Gasteiger partial charge >= 0.3 is 5.97 Å². The molecule has 0 radical (unpaired) electrons. The zero-order valence-corrected chi connectivity index (χ0v) is 10.9. The monoisotopic (exact) mass is 280 g/mol. The molecule has 20 heavy (non-hydrogen) atoms. The number of aliphatic hydroxyl groups is 1. The summed E-state index contributed by atoms with van der Waals surface area (Å²) in [6, 6.07) is 4.43. The first-order chi connectivity index (χ1) is 9.32. The van der Waals surface area contributed by atoms with Crippen LogP contribution >= 0.6 is 0 Å². The van der Waals surface area contributed by atoms with Gasteiger partial charge in [0.1, 0.15) is 0 Å². The van der Waals surface area contributed by atoms with Crippen molar-refractivity contribution in [2.45, 2.75) is 19.4 Å². The zero-order valence-electron chi connectivity index (χ0n) is 10.9. The van der Waals surface area contributed by atoms with Gasteiger partial charge < -0.3 is 21.3 Å². The molecule has 2 amide bonds. The molecule has 1 rings (SSSR count). The van der Waals surface area contributed by atoms with Crippen molar-refractivity contribution < 1.29 is 24.6 Å². The van der Waals surface area contributed by atoms with Gasteiger partial charge in [-0.1, -0.05) is 0 Å². The highest BCUT2D eigenvalue weighted by Gasteiger charge is 2.14. The number of primary amides is 1. The molecular weight excluding hydrogens is 264 g/mol. The number of rotatable bonds is 6. The van der Waals surface area contributed by atoms with E-state index in [-0.39, 0.29) is 13.0 Å². The molecule has 0 aliphatic heterocycles. The van der Waals surface area contributed by atoms with E-state index in [1.807, 2.05) is 0 Å². The van der Waals surface area contributed by atoms with Gasteiger partial charge in [-0.3, -0.25) is 9.59 Å². The Balaban J connectivity index is 2.62. The third-order valence-electron chi connectivity index (χ3n) is 2.74. The molecule has 0 saturated heterocycles. The molecular formula is C13H16N2O5. The van der Waals surface area contributed by atoms with Gasteiger partial charge in [0, 0.05) is 24.1 Å². The maximum Gasteiger partial charge on any atom is 0.332 e. The van der Waals surface area contributed by atoms with Crippen molar-refractivity contribution in [2.24, 2.45) is 5.73 Å². The summed E-state index contributed by atoms with van der Waals surface area (Å²) < 4.78 is 0. The molecule has 0 spiro atoms. The molecule has 0 aliphatic rings. The van der Waals surface area contributed by atoms with Gasteiger partial charge in [-0.15, -0.1) is 0 Å². The molecule has 0 aliphatic carbocycles. The van der Waals surface area contributed by atoms with Crippen molar-refractivity contribution in [3.63, 3.8) is 0 Å². The normalized spacial score (nSPS) is 11.7. The molecule has 0 heterocycles. The highest BCUT2D eigenvalue weighted by molar-refractivity contribution is 5.98. The Bertz CT molecular complexity index is 542. The molecule has 1 aromatic carbocycles. The Kier molecular flexibility index (Phi) is 5.22. The molecule has 1 aromatic rings. The molecule has 0 saturated carbocycles. The topological polar surface area (TPSA) is 130 Å². The number of nitrogens with one attached hydrogen (secondary N) is 1. The van der Waals surface area contributed by atoms with Crippen LogP contribution in [0.2, 0.25) is 0 Å². The molecule has 7 heteroatoms. The lowest BCUT2D eigenvalue weighted by Gasteiger charge is -2.09. The number of amides is 2. The first kappa shape index (κ1) is 15.6. The first-order valence-electron chi connectivity index (χ1n) is 5.92. The lowest BCUT2D eigenvalue weighted by Crippen LogP contribution is -2.30. The SMILES string of the molecule is Cc1cc(C(=O)NCCC(O)C(=O)O)ccc1C(N)=O. The highest BCUT2D eigenvalue weighted by Crippen LogP contribution is 2.10. The van der Waals surface area contributed by atoms with E-state index in [0.717, 1.165) is 0 Å². The highest BCUT2D eigenvalue weighted by atomic mass is 16.4. The predicted octanol–water partition coefficient (Wildman–Crippen LogP) is -0.341. The number of aliphatic hydroxyl groups excluding tert-OH is 1. The van der Waals surface area contributed by atoms with Crippen molar-refractivity contribution in [2.75, 3.05) is 6.54 Å². The fourth-order valence-corrected chi connectivity index (χ4v) is 1.63. The molecule has 0 bridgehead atoms. The fourth-order valence-electron chi connectivity index (χ4n) is 1.63. The number of benzene rings is 1. The van der Waals surface area contributed by atoms with Crippen LogP contribution in [0.3, 0.4) is 0 Å². The maximum absolute atomic E-state index is 11.8. The summed E-state index contributed by atoms with van der Waals surface area (Å²) in [5.41, 5.74) is 6.41. The number of hydrogen-bond donors (Lipinski definition) is 4. The van der Waals surface area contributed by atoms with Crippen LogP contribution < -0.4 is 11.1 Å². The van der Waals surface area contributed by atoms with Gasteiger partial charge in [0.25, 0.3) is 5.91 Å². The summed E-state index contributed by atoms with van der Waals surface area (Å²) in [6.45, 7) is 1.69. The second-order valence-electron chi connectivity index (χ2n) is 4.29. The van der Waals surface area contributed by atoms with Crippen LogP contribution in [0.5, 0.6) is 0 Å². The number of carbonyl (C=O) groups is 3. The van der Waals surface area contributed by atoms with Crippen LogP contribution in [0.4, 0.5) is 0 Å². The van der Waals surface area contributed by atoms with Crippen LogP contribution in [0.1, 0.15) is 32.7 Å². The first-order valence-corrected chi connectivity index (χ1v) is 5.92. The predicted molar refractivity (Wildman–Crippen MR) is 70.3 cm³/mol. The Morgan fingerprint density at radius 3 is 2.50 bits per heavy atom. The van der Waals surface area contributed by atoms with E-state index in [1.165, 1.54) is 18.2 Å². The van der Waals surface area contributed by atoms with E-state index in [9.17, 15) is 14.4 Å². The van der Waals surface area contributed by atoms with Gasteiger partial charge in [-0.2, -0.15) is 0 Å². The second-order valence-corrected chi connectivity index (χ2v) is 4.29. The molecule has 0 aromatic heterocycles. The lowest BCUT2D eigenvalue weighted by atomic mass is 10.0. The molecule has 1 unspecified atom stereocenters. The van der Waals surface area contributed by atoms with Crippen LogP contribution in [0.25, 0.3) is 0 Å². The lowest BCUT2D eigenvalue weighted by molar-refractivity contribution is -0.146. The molecule has 1 atom stereocenters. The number of hydrogen-bond acceptors (Lipinski definition) is 4. The van der Waals surface area contributed by atoms with Crippen molar-refractivity contribution in [1.82, 2.24) is 5.32 Å². The van der Waals surface area contributed by atoms with Crippen LogP contribution in [-0.4, -0.2) is 40.6 Å². The average molecular weight is 280 g/mol.